The minimum atomic E-state index is 0.170. The quantitative estimate of drug-likeness (QED) is 0.695. The van der Waals surface area contributed by atoms with Gasteiger partial charge in [-0.15, -0.1) is 0 Å². The first kappa shape index (κ1) is 10.2. The van der Waals surface area contributed by atoms with Gasteiger partial charge in [0.15, 0.2) is 0 Å². The van der Waals surface area contributed by atoms with Crippen LogP contribution in [0.4, 0.5) is 0 Å². The monoisotopic (exact) mass is 195 g/mol. The molecular formula is C12H21NO. The lowest BCUT2D eigenvalue weighted by molar-refractivity contribution is -0.118. The highest BCUT2D eigenvalue weighted by molar-refractivity contribution is 5.81. The van der Waals surface area contributed by atoms with E-state index < -0.39 is 0 Å². The zero-order valence-electron chi connectivity index (χ0n) is 9.09. The van der Waals surface area contributed by atoms with Crippen molar-refractivity contribution in [2.24, 2.45) is 5.92 Å². The molecule has 2 nitrogen and oxygen atoms in total. The first-order valence-corrected chi connectivity index (χ1v) is 6.04. The fourth-order valence-electron chi connectivity index (χ4n) is 2.98. The molecule has 2 rings (SSSR count). The molecular weight excluding hydrogens is 174 g/mol. The lowest BCUT2D eigenvalue weighted by Gasteiger charge is -2.21. The lowest BCUT2D eigenvalue weighted by atomic mass is 9.87. The predicted molar refractivity (Wildman–Crippen MR) is 57.2 cm³/mol. The Balaban J connectivity index is 1.95. The summed E-state index contributed by atoms with van der Waals surface area (Å²) in [5.41, 5.74) is 0. The highest BCUT2D eigenvalue weighted by Crippen LogP contribution is 2.31. The first-order valence-electron chi connectivity index (χ1n) is 6.04. The molecule has 3 unspecified atom stereocenters. The summed E-state index contributed by atoms with van der Waals surface area (Å²) in [5, 5.41) is 3.51. The molecule has 0 aromatic rings. The number of fused-ring (bicyclic) bond motifs is 1. The molecule has 2 heteroatoms. The Labute approximate surface area is 86.5 Å². The highest BCUT2D eigenvalue weighted by Gasteiger charge is 2.35. The summed E-state index contributed by atoms with van der Waals surface area (Å²) < 4.78 is 0. The van der Waals surface area contributed by atoms with Gasteiger partial charge < -0.3 is 5.32 Å². The van der Waals surface area contributed by atoms with E-state index in [2.05, 4.69) is 5.32 Å². The van der Waals surface area contributed by atoms with Crippen LogP contribution in [0, 0.1) is 5.92 Å². The van der Waals surface area contributed by atoms with E-state index in [4.69, 9.17) is 0 Å². The molecule has 1 aliphatic heterocycles. The molecule has 0 amide bonds. The Morgan fingerprint density at radius 1 is 1.14 bits per heavy atom. The maximum Gasteiger partial charge on any atom is 0.146 e. The summed E-state index contributed by atoms with van der Waals surface area (Å²) in [6, 6.07) is 0.812. The number of ketones is 1. The van der Waals surface area contributed by atoms with Crippen LogP contribution in [0.5, 0.6) is 0 Å². The zero-order chi connectivity index (χ0) is 9.97. The molecule has 1 N–H and O–H groups in total. The van der Waals surface area contributed by atoms with Gasteiger partial charge >= 0.3 is 0 Å². The molecule has 0 aromatic carbocycles. The van der Waals surface area contributed by atoms with Crippen LogP contribution in [0.3, 0.4) is 0 Å². The minimum Gasteiger partial charge on any atom is -0.304 e. The second-order valence-corrected chi connectivity index (χ2v) is 4.92. The van der Waals surface area contributed by atoms with E-state index in [1.54, 1.807) is 6.92 Å². The van der Waals surface area contributed by atoms with E-state index in [0.29, 0.717) is 11.8 Å². The van der Waals surface area contributed by atoms with Crippen LogP contribution in [0.2, 0.25) is 0 Å². The maximum absolute atomic E-state index is 11.3. The second-order valence-electron chi connectivity index (χ2n) is 4.92. The highest BCUT2D eigenvalue weighted by atomic mass is 16.1. The number of rotatable bonds is 1. The summed E-state index contributed by atoms with van der Waals surface area (Å²) in [5.74, 6) is 1.11. The maximum atomic E-state index is 11.3. The molecule has 0 radical (unpaired) electrons. The Morgan fingerprint density at radius 3 is 2.57 bits per heavy atom. The Hall–Kier alpha value is -0.370. The standard InChI is InChI=1S/C12H21NO/c1-9(14)12-8-10-6-4-2-3-5-7-11(10)13-12/h10-13H,2-8H2,1H3. The Bertz CT molecular complexity index is 198. The molecule has 80 valence electrons. The van der Waals surface area contributed by atoms with E-state index in [-0.39, 0.29) is 6.04 Å². The molecule has 1 heterocycles. The van der Waals surface area contributed by atoms with Crippen molar-refractivity contribution >= 4 is 5.78 Å². The Kier molecular flexibility index (Phi) is 3.22. The summed E-state index contributed by atoms with van der Waals surface area (Å²) in [6.07, 6.45) is 9.21. The van der Waals surface area contributed by atoms with Gasteiger partial charge in [0.2, 0.25) is 0 Å². The number of carbonyl (C=O) groups is 1. The topological polar surface area (TPSA) is 29.1 Å². The summed E-state index contributed by atoms with van der Waals surface area (Å²) in [7, 11) is 0. The third-order valence-electron chi connectivity index (χ3n) is 3.85. The number of nitrogens with one attached hydrogen (secondary N) is 1. The van der Waals surface area contributed by atoms with Crippen LogP contribution in [0.25, 0.3) is 0 Å². The Morgan fingerprint density at radius 2 is 1.86 bits per heavy atom. The molecule has 0 bridgehead atoms. The van der Waals surface area contributed by atoms with Crippen LogP contribution < -0.4 is 5.32 Å². The molecule has 3 atom stereocenters. The van der Waals surface area contributed by atoms with Gasteiger partial charge in [-0.2, -0.15) is 0 Å². The van der Waals surface area contributed by atoms with Crippen LogP contribution in [0.15, 0.2) is 0 Å². The molecule has 0 spiro atoms. The lowest BCUT2D eigenvalue weighted by Crippen LogP contribution is -2.35. The van der Waals surface area contributed by atoms with E-state index >= 15 is 0 Å². The fourth-order valence-corrected chi connectivity index (χ4v) is 2.98. The molecule has 1 aliphatic carbocycles. The van der Waals surface area contributed by atoms with Crippen molar-refractivity contribution in [3.63, 3.8) is 0 Å². The van der Waals surface area contributed by atoms with Crippen molar-refractivity contribution in [1.82, 2.24) is 5.32 Å². The van der Waals surface area contributed by atoms with Crippen molar-refractivity contribution in [3.05, 3.63) is 0 Å². The van der Waals surface area contributed by atoms with Crippen LogP contribution in [-0.2, 0) is 4.79 Å². The first-order chi connectivity index (χ1) is 6.77. The molecule has 1 saturated heterocycles. The number of carbonyl (C=O) groups excluding carboxylic acids is 1. The van der Waals surface area contributed by atoms with Gasteiger partial charge in [-0.3, -0.25) is 4.79 Å². The normalized spacial score (nSPS) is 38.5. The SMILES string of the molecule is CC(=O)C1CC2CCCCCCC2N1. The average Bonchev–Trinajstić information content (AvgIpc) is 2.48. The van der Waals surface area contributed by atoms with Crippen molar-refractivity contribution in [3.8, 4) is 0 Å². The van der Waals surface area contributed by atoms with Crippen molar-refractivity contribution in [1.29, 1.82) is 0 Å². The molecule has 14 heavy (non-hydrogen) atoms. The molecule has 0 aromatic heterocycles. The van der Waals surface area contributed by atoms with Crippen molar-refractivity contribution in [2.75, 3.05) is 0 Å². The van der Waals surface area contributed by atoms with Gasteiger partial charge in [-0.25, -0.2) is 0 Å². The fraction of sp³-hybridized carbons (Fsp3) is 0.917. The van der Waals surface area contributed by atoms with Crippen LogP contribution in [-0.4, -0.2) is 17.9 Å². The van der Waals surface area contributed by atoms with Crippen LogP contribution >= 0.6 is 0 Å². The summed E-state index contributed by atoms with van der Waals surface area (Å²) >= 11 is 0. The number of hydrogen-bond acceptors (Lipinski definition) is 2. The van der Waals surface area contributed by atoms with Gasteiger partial charge in [0, 0.05) is 6.04 Å². The molecule has 2 aliphatic rings. The number of Topliss-reactive ketones (excluding diaryl/α,β-unsaturated/α-hetero) is 1. The van der Waals surface area contributed by atoms with Crippen LogP contribution in [0.1, 0.15) is 51.9 Å². The minimum absolute atomic E-state index is 0.170. The molecule has 1 saturated carbocycles. The van der Waals surface area contributed by atoms with Crippen molar-refractivity contribution in [2.45, 2.75) is 64.0 Å². The number of hydrogen-bond donors (Lipinski definition) is 1. The van der Waals surface area contributed by atoms with E-state index in [9.17, 15) is 4.79 Å². The van der Waals surface area contributed by atoms with E-state index in [1.807, 2.05) is 0 Å². The van der Waals surface area contributed by atoms with E-state index in [1.165, 1.54) is 38.5 Å². The predicted octanol–water partition coefficient (Wildman–Crippen LogP) is 2.28. The molecule has 2 fully saturated rings. The van der Waals surface area contributed by atoms with Gasteiger partial charge in [0.1, 0.15) is 5.78 Å². The summed E-state index contributed by atoms with van der Waals surface area (Å²) in [6.45, 7) is 1.72. The average molecular weight is 195 g/mol. The zero-order valence-corrected chi connectivity index (χ0v) is 9.09. The van der Waals surface area contributed by atoms with Gasteiger partial charge in [0.05, 0.1) is 6.04 Å². The van der Waals surface area contributed by atoms with Gasteiger partial charge in [-0.1, -0.05) is 25.7 Å². The van der Waals surface area contributed by atoms with Gasteiger partial charge in [0.25, 0.3) is 0 Å². The largest absolute Gasteiger partial charge is 0.304 e. The second kappa shape index (κ2) is 4.43. The summed E-state index contributed by atoms with van der Waals surface area (Å²) in [4.78, 5) is 11.3. The van der Waals surface area contributed by atoms with Crippen molar-refractivity contribution < 1.29 is 4.79 Å². The third-order valence-corrected chi connectivity index (χ3v) is 3.85. The van der Waals surface area contributed by atoms with E-state index in [0.717, 1.165) is 12.3 Å². The third kappa shape index (κ3) is 2.17. The smallest absolute Gasteiger partial charge is 0.146 e. The van der Waals surface area contributed by atoms with Gasteiger partial charge in [-0.05, 0) is 32.1 Å².